The summed E-state index contributed by atoms with van der Waals surface area (Å²) in [4.78, 5) is 22.4. The first-order chi connectivity index (χ1) is 7.65. The highest BCUT2D eigenvalue weighted by Gasteiger charge is 2.49. The average Bonchev–Trinajstić information content (AvgIpc) is 2.80. The molecule has 1 aliphatic carbocycles. The van der Waals surface area contributed by atoms with Crippen molar-refractivity contribution in [1.82, 2.24) is 5.32 Å². The molecule has 2 N–H and O–H groups in total. The zero-order valence-electron chi connectivity index (χ0n) is 10.7. The molecule has 0 aromatic heterocycles. The number of aliphatic hydroxyl groups excluding tert-OH is 1. The Morgan fingerprint density at radius 1 is 1.35 bits per heavy atom. The van der Waals surface area contributed by atoms with Crippen molar-refractivity contribution < 1.29 is 19.4 Å². The molecule has 0 radical (unpaired) electrons. The van der Waals surface area contributed by atoms with Crippen molar-refractivity contribution in [2.75, 3.05) is 0 Å². The van der Waals surface area contributed by atoms with Crippen LogP contribution in [0.2, 0.25) is 0 Å². The summed E-state index contributed by atoms with van der Waals surface area (Å²) in [7, 11) is 0. The molecule has 1 rings (SSSR count). The molecule has 96 valence electrons. The zero-order chi connectivity index (χ0) is 13.3. The van der Waals surface area contributed by atoms with Crippen molar-refractivity contribution in [1.29, 1.82) is 0 Å². The van der Waals surface area contributed by atoms with Gasteiger partial charge in [-0.05, 0) is 40.5 Å². The summed E-state index contributed by atoms with van der Waals surface area (Å²) < 4.78 is 5.10. The van der Waals surface area contributed by atoms with Crippen LogP contribution in [0, 0.1) is 0 Å². The van der Waals surface area contributed by atoms with Gasteiger partial charge in [-0.25, -0.2) is 4.79 Å². The van der Waals surface area contributed by atoms with Crippen LogP contribution >= 0.6 is 0 Å². The average molecular weight is 241 g/mol. The normalized spacial score (nSPS) is 18.5. The van der Waals surface area contributed by atoms with Crippen molar-refractivity contribution >= 4 is 11.9 Å². The quantitative estimate of drug-likeness (QED) is 0.586. The highest BCUT2D eigenvalue weighted by atomic mass is 16.6. The van der Waals surface area contributed by atoms with Gasteiger partial charge in [-0.2, -0.15) is 0 Å². The van der Waals surface area contributed by atoms with Gasteiger partial charge in [-0.1, -0.05) is 0 Å². The smallest absolute Gasteiger partial charge is 0.408 e. The lowest BCUT2D eigenvalue weighted by Gasteiger charge is -2.23. The van der Waals surface area contributed by atoms with Gasteiger partial charge in [0.05, 0.1) is 0 Å². The lowest BCUT2D eigenvalue weighted by Crippen LogP contribution is -2.42. The molecule has 0 atom stereocenters. The van der Waals surface area contributed by atoms with Crippen LogP contribution < -0.4 is 5.32 Å². The van der Waals surface area contributed by atoms with Crippen LogP contribution in [0.1, 0.15) is 40.5 Å². The van der Waals surface area contributed by atoms with E-state index in [2.05, 4.69) is 5.32 Å². The Labute approximate surface area is 101 Å². The Morgan fingerprint density at radius 2 is 1.88 bits per heavy atom. The van der Waals surface area contributed by atoms with E-state index in [1.807, 2.05) is 0 Å². The largest absolute Gasteiger partial charge is 0.510 e. The van der Waals surface area contributed by atoms with Crippen LogP contribution in [0.15, 0.2) is 11.8 Å². The fraction of sp³-hybridized carbons (Fsp3) is 0.667. The van der Waals surface area contributed by atoms with E-state index in [1.165, 1.54) is 6.92 Å². The van der Waals surface area contributed by atoms with Gasteiger partial charge in [0.25, 0.3) is 0 Å². The SMILES string of the molecule is CC(=O)/C=C(\O)C1(NC(=O)OC(C)(C)C)CC1. The van der Waals surface area contributed by atoms with Gasteiger partial charge in [-0.15, -0.1) is 0 Å². The molecule has 0 unspecified atom stereocenters. The van der Waals surface area contributed by atoms with Crippen LogP contribution in [0.25, 0.3) is 0 Å². The van der Waals surface area contributed by atoms with Crippen LogP contribution in [-0.4, -0.2) is 28.1 Å². The van der Waals surface area contributed by atoms with E-state index in [0.29, 0.717) is 12.8 Å². The number of alkyl carbamates (subject to hydrolysis) is 1. The maximum absolute atomic E-state index is 11.5. The molecule has 1 amide bonds. The predicted molar refractivity (Wildman–Crippen MR) is 62.7 cm³/mol. The Balaban J connectivity index is 2.63. The number of aliphatic hydroxyl groups is 1. The van der Waals surface area contributed by atoms with Crippen LogP contribution in [-0.2, 0) is 9.53 Å². The predicted octanol–water partition coefficient (Wildman–Crippen LogP) is 2.07. The molecule has 5 heteroatoms. The first kappa shape index (κ1) is 13.5. The third-order valence-electron chi connectivity index (χ3n) is 2.32. The molecule has 5 nitrogen and oxygen atoms in total. The first-order valence-corrected chi connectivity index (χ1v) is 5.57. The number of hydrogen-bond acceptors (Lipinski definition) is 4. The maximum atomic E-state index is 11.5. The van der Waals surface area contributed by atoms with Crippen molar-refractivity contribution in [2.45, 2.75) is 51.7 Å². The summed E-state index contributed by atoms with van der Waals surface area (Å²) in [6, 6.07) is 0. The number of carbonyl (C=O) groups is 2. The van der Waals surface area contributed by atoms with E-state index in [0.717, 1.165) is 6.08 Å². The monoisotopic (exact) mass is 241 g/mol. The van der Waals surface area contributed by atoms with E-state index in [1.54, 1.807) is 20.8 Å². The molecular formula is C12H19NO4. The number of nitrogens with one attached hydrogen (secondary N) is 1. The van der Waals surface area contributed by atoms with Gasteiger partial charge in [0, 0.05) is 6.08 Å². The first-order valence-electron chi connectivity index (χ1n) is 5.57. The summed E-state index contributed by atoms with van der Waals surface area (Å²) >= 11 is 0. The third-order valence-corrected chi connectivity index (χ3v) is 2.32. The van der Waals surface area contributed by atoms with Crippen molar-refractivity contribution in [3.8, 4) is 0 Å². The molecule has 0 saturated heterocycles. The van der Waals surface area contributed by atoms with E-state index in [4.69, 9.17) is 4.74 Å². The molecule has 0 bridgehead atoms. The topological polar surface area (TPSA) is 75.6 Å². The highest BCUT2D eigenvalue weighted by Crippen LogP contribution is 2.41. The van der Waals surface area contributed by atoms with Gasteiger partial charge >= 0.3 is 6.09 Å². The van der Waals surface area contributed by atoms with Gasteiger partial charge in [0.15, 0.2) is 5.78 Å². The number of amides is 1. The number of allylic oxidation sites excluding steroid dienone is 1. The summed E-state index contributed by atoms with van der Waals surface area (Å²) in [5.74, 6) is -0.351. The second-order valence-corrected chi connectivity index (χ2v) is 5.35. The van der Waals surface area contributed by atoms with E-state index in [9.17, 15) is 14.7 Å². The lowest BCUT2D eigenvalue weighted by atomic mass is 10.2. The summed E-state index contributed by atoms with van der Waals surface area (Å²) in [6.45, 7) is 6.63. The molecule has 0 spiro atoms. The highest BCUT2D eigenvalue weighted by molar-refractivity contribution is 5.88. The second-order valence-electron chi connectivity index (χ2n) is 5.35. The fourth-order valence-corrected chi connectivity index (χ4v) is 1.40. The van der Waals surface area contributed by atoms with Crippen LogP contribution in [0.3, 0.4) is 0 Å². The molecule has 17 heavy (non-hydrogen) atoms. The lowest BCUT2D eigenvalue weighted by molar-refractivity contribution is -0.112. The Hall–Kier alpha value is -1.52. The molecule has 1 saturated carbocycles. The minimum atomic E-state index is -0.798. The third kappa shape index (κ3) is 4.09. The second kappa shape index (κ2) is 4.39. The Kier molecular flexibility index (Phi) is 3.50. The standard InChI is InChI=1S/C12H19NO4/c1-8(14)7-9(15)12(5-6-12)13-10(16)17-11(2,3)4/h7,15H,5-6H2,1-4H3,(H,13,16)/b9-7-. The minimum absolute atomic E-state index is 0.101. The van der Waals surface area contributed by atoms with Crippen LogP contribution in [0.4, 0.5) is 4.79 Å². The van der Waals surface area contributed by atoms with Gasteiger partial charge in [0.1, 0.15) is 16.9 Å². The molecular weight excluding hydrogens is 222 g/mol. The molecule has 1 fully saturated rings. The van der Waals surface area contributed by atoms with Gasteiger partial charge in [-0.3, -0.25) is 4.79 Å². The maximum Gasteiger partial charge on any atom is 0.408 e. The number of ketones is 1. The van der Waals surface area contributed by atoms with Gasteiger partial charge < -0.3 is 15.2 Å². The number of ether oxygens (including phenoxy) is 1. The van der Waals surface area contributed by atoms with Crippen molar-refractivity contribution in [3.05, 3.63) is 11.8 Å². The molecule has 0 heterocycles. The number of rotatable bonds is 3. The fourth-order valence-electron chi connectivity index (χ4n) is 1.40. The number of hydrogen-bond donors (Lipinski definition) is 2. The van der Waals surface area contributed by atoms with E-state index in [-0.39, 0.29) is 11.5 Å². The minimum Gasteiger partial charge on any atom is -0.510 e. The Morgan fingerprint density at radius 3 is 2.24 bits per heavy atom. The summed E-state index contributed by atoms with van der Waals surface area (Å²) in [5, 5.41) is 12.3. The zero-order valence-corrected chi connectivity index (χ0v) is 10.7. The number of carbonyl (C=O) groups excluding carboxylic acids is 2. The molecule has 0 aromatic carbocycles. The molecule has 0 aliphatic heterocycles. The van der Waals surface area contributed by atoms with Crippen molar-refractivity contribution in [3.63, 3.8) is 0 Å². The summed E-state index contributed by atoms with van der Waals surface area (Å²) in [5.41, 5.74) is -1.38. The van der Waals surface area contributed by atoms with Crippen molar-refractivity contribution in [2.24, 2.45) is 0 Å². The van der Waals surface area contributed by atoms with E-state index >= 15 is 0 Å². The Bertz CT molecular complexity index is 361. The van der Waals surface area contributed by atoms with Gasteiger partial charge in [0.2, 0.25) is 0 Å². The van der Waals surface area contributed by atoms with Crippen LogP contribution in [0.5, 0.6) is 0 Å². The molecule has 0 aromatic rings. The molecule has 1 aliphatic rings. The summed E-state index contributed by atoms with van der Waals surface area (Å²) in [6.07, 6.45) is 1.77. The van der Waals surface area contributed by atoms with E-state index < -0.39 is 17.2 Å².